The first-order valence-corrected chi connectivity index (χ1v) is 17.4. The van der Waals surface area contributed by atoms with E-state index in [0.717, 1.165) is 12.1 Å². The number of pyridine rings is 2. The Labute approximate surface area is 284 Å². The molecule has 2 aliphatic rings. The molecule has 6 rings (SSSR count). The molecule has 0 bridgehead atoms. The van der Waals surface area contributed by atoms with Crippen LogP contribution in [0, 0.1) is 12.7 Å². The summed E-state index contributed by atoms with van der Waals surface area (Å²) in [6.45, 7) is 11.1. The number of aryl methyl sites for hydroxylation is 1. The third kappa shape index (κ3) is 5.14. The zero-order chi connectivity index (χ0) is 34.3. The molecule has 2 N–H and O–H groups in total. The fraction of sp³-hybridized carbons (Fsp3) is 0.323. The van der Waals surface area contributed by atoms with Crippen molar-refractivity contribution in [3.8, 4) is 16.9 Å². The number of carbonyl (C=O) groups excluding carboxylic acids is 1. The van der Waals surface area contributed by atoms with E-state index in [1.807, 2.05) is 13.8 Å². The number of hydrogen-bond acceptors (Lipinski definition) is 9. The Morgan fingerprint density at radius 2 is 1.89 bits per heavy atom. The van der Waals surface area contributed by atoms with Crippen LogP contribution in [0.15, 0.2) is 40.7 Å². The maximum Gasteiger partial charge on any atom is 0.355 e. The summed E-state index contributed by atoms with van der Waals surface area (Å²) in [5.41, 5.74) is 5.67. The van der Waals surface area contributed by atoms with Crippen LogP contribution in [-0.2, 0) is 14.6 Å². The molecule has 0 radical (unpaired) electrons. The van der Waals surface area contributed by atoms with Crippen LogP contribution in [0.4, 0.5) is 15.9 Å². The summed E-state index contributed by atoms with van der Waals surface area (Å²) in [4.78, 5) is 43.5. The molecule has 2 atom stereocenters. The zero-order valence-electron chi connectivity index (χ0n) is 25.7. The number of rotatable bonds is 4. The van der Waals surface area contributed by atoms with Crippen molar-refractivity contribution < 1.29 is 17.6 Å². The van der Waals surface area contributed by atoms with Gasteiger partial charge in [0.05, 0.1) is 60.6 Å². The van der Waals surface area contributed by atoms with Gasteiger partial charge < -0.3 is 15.5 Å². The highest BCUT2D eigenvalue weighted by molar-refractivity contribution is 7.91. The largest absolute Gasteiger partial charge is 0.397 e. The molecule has 11 nitrogen and oxygen atoms in total. The summed E-state index contributed by atoms with van der Waals surface area (Å²) in [6, 6.07) is 1.48. The second-order valence-corrected chi connectivity index (χ2v) is 15.1. The van der Waals surface area contributed by atoms with Crippen molar-refractivity contribution in [1.29, 1.82) is 0 Å². The van der Waals surface area contributed by atoms with Gasteiger partial charge in [-0.2, -0.15) is 4.98 Å². The van der Waals surface area contributed by atoms with Crippen molar-refractivity contribution in [2.75, 3.05) is 29.5 Å². The summed E-state index contributed by atoms with van der Waals surface area (Å²) < 4.78 is 46.0. The highest BCUT2D eigenvalue weighted by Crippen LogP contribution is 2.47. The third-order valence-electron chi connectivity index (χ3n) is 8.51. The Bertz CT molecular complexity index is 2180. The SMILES string of the molecule is C=CC(=O)N1CC(C)N2c3nc(=O)n(-c4c(C)ccnc4C(C)C)c4nc(-c5c(N)c(Cl)cc(Cl)c5F)c(Cl)c(c34)S(=O)(=O)CC2C1. The van der Waals surface area contributed by atoms with Gasteiger partial charge in [0.1, 0.15) is 10.7 Å². The van der Waals surface area contributed by atoms with E-state index >= 15 is 4.39 Å². The first-order valence-electron chi connectivity index (χ1n) is 14.6. The molecule has 1 saturated heterocycles. The number of nitrogens with zero attached hydrogens (tertiary/aromatic N) is 6. The molecule has 0 aliphatic carbocycles. The summed E-state index contributed by atoms with van der Waals surface area (Å²) in [5, 5.41) is -1.01. The van der Waals surface area contributed by atoms with Gasteiger partial charge in [-0.15, -0.1) is 0 Å². The second kappa shape index (κ2) is 11.7. The van der Waals surface area contributed by atoms with Crippen molar-refractivity contribution in [3.05, 3.63) is 73.6 Å². The molecule has 47 heavy (non-hydrogen) atoms. The fourth-order valence-corrected chi connectivity index (χ4v) is 9.35. The Kier molecular flexibility index (Phi) is 8.27. The van der Waals surface area contributed by atoms with E-state index in [1.165, 1.54) is 9.47 Å². The normalized spacial score (nSPS) is 18.7. The van der Waals surface area contributed by atoms with E-state index in [9.17, 15) is 18.0 Å². The minimum atomic E-state index is -4.37. The molecule has 1 aromatic carbocycles. The molecule has 0 saturated carbocycles. The Morgan fingerprint density at radius 1 is 1.19 bits per heavy atom. The molecule has 0 spiro atoms. The number of amides is 1. The highest BCUT2D eigenvalue weighted by atomic mass is 35.5. The molecule has 16 heteroatoms. The van der Waals surface area contributed by atoms with E-state index in [-0.39, 0.29) is 58.2 Å². The van der Waals surface area contributed by atoms with E-state index in [1.54, 1.807) is 31.0 Å². The lowest BCUT2D eigenvalue weighted by Gasteiger charge is -2.45. The number of anilines is 2. The van der Waals surface area contributed by atoms with Crippen LogP contribution < -0.4 is 16.3 Å². The lowest BCUT2D eigenvalue weighted by atomic mass is 10.0. The summed E-state index contributed by atoms with van der Waals surface area (Å²) in [6.07, 6.45) is 2.76. The monoisotopic (exact) mass is 719 g/mol. The van der Waals surface area contributed by atoms with Crippen molar-refractivity contribution in [2.45, 2.75) is 50.6 Å². The first kappa shape index (κ1) is 33.1. The molecule has 2 unspecified atom stereocenters. The smallest absolute Gasteiger partial charge is 0.355 e. The van der Waals surface area contributed by atoms with Crippen molar-refractivity contribution in [3.63, 3.8) is 0 Å². The average Bonchev–Trinajstić information content (AvgIpc) is 3.09. The molecule has 2 aliphatic heterocycles. The van der Waals surface area contributed by atoms with Crippen LogP contribution in [0.2, 0.25) is 15.1 Å². The number of piperazine rings is 1. The number of benzene rings is 1. The summed E-state index contributed by atoms with van der Waals surface area (Å²) >= 11 is 19.4. The van der Waals surface area contributed by atoms with Crippen LogP contribution in [0.25, 0.3) is 28.0 Å². The van der Waals surface area contributed by atoms with Gasteiger partial charge in [0.2, 0.25) is 5.91 Å². The van der Waals surface area contributed by atoms with Gasteiger partial charge in [-0.1, -0.05) is 55.2 Å². The second-order valence-electron chi connectivity index (χ2n) is 12.0. The molecule has 246 valence electrons. The quantitative estimate of drug-likeness (QED) is 0.168. The number of nitrogens with two attached hydrogens (primary N) is 1. The van der Waals surface area contributed by atoms with Crippen LogP contribution in [0.5, 0.6) is 0 Å². The van der Waals surface area contributed by atoms with Crippen molar-refractivity contribution in [1.82, 2.24) is 24.4 Å². The molecule has 1 fully saturated rings. The fourth-order valence-electron chi connectivity index (χ4n) is 6.50. The number of carbonyl (C=O) groups is 1. The van der Waals surface area contributed by atoms with Crippen molar-refractivity contribution in [2.24, 2.45) is 0 Å². The molecule has 3 aromatic heterocycles. The number of halogens is 4. The maximum atomic E-state index is 15.8. The van der Waals surface area contributed by atoms with Gasteiger partial charge in [-0.3, -0.25) is 9.78 Å². The molecule has 4 aromatic rings. The Balaban J connectivity index is 1.83. The third-order valence-corrected chi connectivity index (χ3v) is 11.4. The topological polar surface area (TPSA) is 144 Å². The van der Waals surface area contributed by atoms with Crippen molar-refractivity contribution >= 4 is 73.1 Å². The molecular formula is C31H29Cl3FN7O4S. The predicted molar refractivity (Wildman–Crippen MR) is 181 cm³/mol. The number of hydrogen-bond donors (Lipinski definition) is 1. The molecule has 5 heterocycles. The van der Waals surface area contributed by atoms with Gasteiger partial charge in [0.15, 0.2) is 21.3 Å². The molecule has 1 amide bonds. The lowest BCUT2D eigenvalue weighted by Crippen LogP contribution is -2.61. The van der Waals surface area contributed by atoms with Gasteiger partial charge >= 0.3 is 5.69 Å². The number of fused-ring (bicyclic) bond motifs is 2. The minimum Gasteiger partial charge on any atom is -0.397 e. The minimum absolute atomic E-state index is 0.00272. The van der Waals surface area contributed by atoms with E-state index in [0.29, 0.717) is 16.9 Å². The van der Waals surface area contributed by atoms with Crippen LogP contribution in [-0.4, -0.2) is 69.7 Å². The maximum absolute atomic E-state index is 15.8. The van der Waals surface area contributed by atoms with Gasteiger partial charge in [0.25, 0.3) is 0 Å². The predicted octanol–water partition coefficient (Wildman–Crippen LogP) is 5.34. The summed E-state index contributed by atoms with van der Waals surface area (Å²) in [7, 11) is -4.37. The Morgan fingerprint density at radius 3 is 2.55 bits per heavy atom. The lowest BCUT2D eigenvalue weighted by molar-refractivity contribution is -0.127. The Hall–Kier alpha value is -3.78. The molecular weight excluding hydrogens is 692 g/mol. The standard InChI is InChI=1S/C31H29Cl3FN7O4S/c1-6-19(43)40-10-15(5)41-16(11-40)12-47(45,46)28-21-29(38-26(22(28)34)20-23(35)17(32)9-18(33)24(20)36)42(31(44)39-30(21)41)27-14(4)7-8-37-25(27)13(2)3/h6-9,13,15-16H,1,10-12,36H2,2-5H3. The number of sulfone groups is 1. The van der Waals surface area contributed by atoms with Crippen LogP contribution >= 0.6 is 34.8 Å². The van der Waals surface area contributed by atoms with E-state index < -0.39 is 59.7 Å². The zero-order valence-corrected chi connectivity index (χ0v) is 28.8. The summed E-state index contributed by atoms with van der Waals surface area (Å²) in [5.74, 6) is -2.08. The van der Waals surface area contributed by atoms with Crippen LogP contribution in [0.3, 0.4) is 0 Å². The first-order chi connectivity index (χ1) is 22.1. The van der Waals surface area contributed by atoms with Crippen LogP contribution in [0.1, 0.15) is 37.9 Å². The van der Waals surface area contributed by atoms with Gasteiger partial charge in [-0.25, -0.2) is 27.2 Å². The highest BCUT2D eigenvalue weighted by Gasteiger charge is 2.44. The number of aromatic nitrogens is 4. The van der Waals surface area contributed by atoms with Gasteiger partial charge in [0, 0.05) is 25.3 Å². The number of nitrogen functional groups attached to an aromatic ring is 1. The van der Waals surface area contributed by atoms with Gasteiger partial charge in [-0.05, 0) is 43.5 Å². The van der Waals surface area contributed by atoms with E-state index in [4.69, 9.17) is 45.5 Å². The average molecular weight is 721 g/mol. The van der Waals surface area contributed by atoms with E-state index in [2.05, 4.69) is 16.5 Å².